The van der Waals surface area contributed by atoms with Gasteiger partial charge in [0.2, 0.25) is 0 Å². The van der Waals surface area contributed by atoms with E-state index in [-0.39, 0.29) is 0 Å². The summed E-state index contributed by atoms with van der Waals surface area (Å²) in [4.78, 5) is 8.94. The normalized spacial score (nSPS) is 21.3. The number of ether oxygens (including phenoxy) is 1. The van der Waals surface area contributed by atoms with Crippen LogP contribution in [-0.4, -0.2) is 42.8 Å². The van der Waals surface area contributed by atoms with Crippen molar-refractivity contribution in [2.75, 3.05) is 38.2 Å². The Bertz CT molecular complexity index is 726. The predicted octanol–water partition coefficient (Wildman–Crippen LogP) is 3.44. The number of aromatic nitrogens is 2. The minimum Gasteiger partial charge on any atom is -0.381 e. The molecule has 2 aliphatic heterocycles. The molecule has 0 amide bonds. The smallest absolute Gasteiger partial charge is 0.137 e. The Morgan fingerprint density at radius 3 is 2.80 bits per heavy atom. The lowest BCUT2D eigenvalue weighted by Gasteiger charge is -2.45. The highest BCUT2D eigenvalue weighted by atomic mass is 127. The van der Waals surface area contributed by atoms with Gasteiger partial charge in [0.25, 0.3) is 0 Å². The summed E-state index contributed by atoms with van der Waals surface area (Å²) in [5.41, 5.74) is 1.32. The van der Waals surface area contributed by atoms with Crippen LogP contribution in [0.2, 0.25) is 0 Å². The van der Waals surface area contributed by atoms with E-state index in [0.717, 1.165) is 68.3 Å². The maximum Gasteiger partial charge on any atom is 0.137 e. The van der Waals surface area contributed by atoms with E-state index in [0.29, 0.717) is 5.41 Å². The number of rotatable bonds is 4. The van der Waals surface area contributed by atoms with E-state index in [2.05, 4.69) is 61.4 Å². The maximum atomic E-state index is 5.68. The van der Waals surface area contributed by atoms with Crippen LogP contribution in [0.3, 0.4) is 0 Å². The molecule has 0 unspecified atom stereocenters. The molecule has 2 N–H and O–H groups in total. The molecule has 2 aromatic rings. The van der Waals surface area contributed by atoms with E-state index >= 15 is 0 Å². The summed E-state index contributed by atoms with van der Waals surface area (Å²) in [5, 5.41) is 8.31. The van der Waals surface area contributed by atoms with E-state index in [1.54, 1.807) is 6.33 Å². The van der Waals surface area contributed by atoms with Crippen LogP contribution >= 0.6 is 22.6 Å². The number of fused-ring (bicyclic) bond motifs is 1. The highest BCUT2D eigenvalue weighted by Gasteiger charge is 2.40. The van der Waals surface area contributed by atoms with Crippen LogP contribution in [0, 0.1) is 14.9 Å². The minimum atomic E-state index is 0.319. The first kappa shape index (κ1) is 17.4. The number of benzene rings is 1. The van der Waals surface area contributed by atoms with Crippen molar-refractivity contribution in [1.29, 1.82) is 0 Å². The van der Waals surface area contributed by atoms with Crippen molar-refractivity contribution in [3.05, 3.63) is 28.1 Å². The lowest BCUT2D eigenvalue weighted by atomic mass is 9.66. The van der Waals surface area contributed by atoms with Crippen molar-refractivity contribution in [3.63, 3.8) is 0 Å². The predicted molar refractivity (Wildman–Crippen MR) is 109 cm³/mol. The number of hydrogen-bond donors (Lipinski definition) is 2. The topological polar surface area (TPSA) is 59.1 Å². The first-order valence-electron chi connectivity index (χ1n) is 9.19. The lowest BCUT2D eigenvalue weighted by molar-refractivity contribution is -0.0190. The first-order chi connectivity index (χ1) is 12.3. The standard InChI is InChI=1S/C19H25IN4O/c20-15-1-2-17-16(11-15)18(24-13-23-17)22-12-19(5-9-25-10-6-19)14-3-7-21-8-4-14/h1-2,11,13-14,21H,3-10,12H2,(H,22,23,24). The minimum absolute atomic E-state index is 0.319. The van der Waals surface area contributed by atoms with E-state index in [4.69, 9.17) is 4.74 Å². The Hall–Kier alpha value is -0.990. The SMILES string of the molecule is Ic1ccc2ncnc(NCC3(C4CCNCC4)CCOCC3)c2c1. The number of halogens is 1. The molecule has 1 aromatic carbocycles. The van der Waals surface area contributed by atoms with Gasteiger partial charge in [-0.15, -0.1) is 0 Å². The molecule has 6 heteroatoms. The van der Waals surface area contributed by atoms with Crippen molar-refractivity contribution in [3.8, 4) is 0 Å². The Labute approximate surface area is 162 Å². The summed E-state index contributed by atoms with van der Waals surface area (Å²) in [6.07, 6.45) is 6.49. The van der Waals surface area contributed by atoms with Crippen molar-refractivity contribution in [2.45, 2.75) is 25.7 Å². The van der Waals surface area contributed by atoms with Gasteiger partial charge in [-0.25, -0.2) is 9.97 Å². The van der Waals surface area contributed by atoms with Gasteiger partial charge in [-0.05, 0) is 90.9 Å². The molecule has 0 spiro atoms. The monoisotopic (exact) mass is 452 g/mol. The Balaban J connectivity index is 1.58. The molecule has 0 aliphatic carbocycles. The average molecular weight is 452 g/mol. The molecule has 0 saturated carbocycles. The fraction of sp³-hybridized carbons (Fsp3) is 0.579. The fourth-order valence-electron chi connectivity index (χ4n) is 4.37. The van der Waals surface area contributed by atoms with Crippen molar-refractivity contribution >= 4 is 39.3 Å². The third-order valence-corrected chi connectivity index (χ3v) is 6.57. The summed E-state index contributed by atoms with van der Waals surface area (Å²) in [6, 6.07) is 6.33. The molecule has 3 heterocycles. The zero-order valence-corrected chi connectivity index (χ0v) is 16.6. The van der Waals surface area contributed by atoms with Crippen molar-refractivity contribution in [1.82, 2.24) is 15.3 Å². The molecule has 2 fully saturated rings. The molecule has 2 saturated heterocycles. The van der Waals surface area contributed by atoms with Gasteiger partial charge in [-0.1, -0.05) is 0 Å². The van der Waals surface area contributed by atoms with Crippen LogP contribution in [-0.2, 0) is 4.74 Å². The molecular weight excluding hydrogens is 427 g/mol. The summed E-state index contributed by atoms with van der Waals surface area (Å²) >= 11 is 2.35. The van der Waals surface area contributed by atoms with Gasteiger partial charge < -0.3 is 15.4 Å². The number of nitrogens with one attached hydrogen (secondary N) is 2. The fourth-order valence-corrected chi connectivity index (χ4v) is 4.86. The lowest BCUT2D eigenvalue weighted by Crippen LogP contribution is -2.46. The highest BCUT2D eigenvalue weighted by Crippen LogP contribution is 2.42. The molecule has 1 aromatic heterocycles. The second-order valence-electron chi connectivity index (χ2n) is 7.24. The third kappa shape index (κ3) is 3.75. The van der Waals surface area contributed by atoms with Crippen molar-refractivity contribution in [2.24, 2.45) is 11.3 Å². The van der Waals surface area contributed by atoms with Gasteiger partial charge >= 0.3 is 0 Å². The number of piperidine rings is 1. The third-order valence-electron chi connectivity index (χ3n) is 5.90. The Morgan fingerprint density at radius 2 is 2.00 bits per heavy atom. The van der Waals surface area contributed by atoms with Gasteiger partial charge in [0, 0.05) is 28.7 Å². The van der Waals surface area contributed by atoms with Gasteiger partial charge in [0.15, 0.2) is 0 Å². The Morgan fingerprint density at radius 1 is 1.20 bits per heavy atom. The number of nitrogens with zero attached hydrogens (tertiary/aromatic N) is 2. The maximum absolute atomic E-state index is 5.68. The van der Waals surface area contributed by atoms with Gasteiger partial charge in [-0.3, -0.25) is 0 Å². The number of hydrogen-bond acceptors (Lipinski definition) is 5. The molecule has 0 bridgehead atoms. The van der Waals surface area contributed by atoms with Gasteiger partial charge in [0.1, 0.15) is 12.1 Å². The highest BCUT2D eigenvalue weighted by molar-refractivity contribution is 14.1. The van der Waals surface area contributed by atoms with Crippen LogP contribution in [0.4, 0.5) is 5.82 Å². The summed E-state index contributed by atoms with van der Waals surface area (Å²) in [6.45, 7) is 5.02. The molecule has 134 valence electrons. The van der Waals surface area contributed by atoms with Crippen LogP contribution in [0.25, 0.3) is 10.9 Å². The van der Waals surface area contributed by atoms with Crippen molar-refractivity contribution < 1.29 is 4.74 Å². The quantitative estimate of drug-likeness (QED) is 0.697. The average Bonchev–Trinajstić information content (AvgIpc) is 2.68. The zero-order valence-electron chi connectivity index (χ0n) is 14.4. The molecule has 5 nitrogen and oxygen atoms in total. The van der Waals surface area contributed by atoms with E-state index in [1.807, 2.05) is 0 Å². The van der Waals surface area contributed by atoms with Crippen LogP contribution < -0.4 is 10.6 Å². The summed E-state index contributed by atoms with van der Waals surface area (Å²) < 4.78 is 6.89. The van der Waals surface area contributed by atoms with E-state index in [9.17, 15) is 0 Å². The van der Waals surface area contributed by atoms with Crippen LogP contribution in [0.1, 0.15) is 25.7 Å². The van der Waals surface area contributed by atoms with E-state index in [1.165, 1.54) is 16.4 Å². The number of anilines is 1. The molecule has 0 atom stereocenters. The first-order valence-corrected chi connectivity index (χ1v) is 10.3. The molecular formula is C19H25IN4O. The molecule has 0 radical (unpaired) electrons. The molecule has 2 aliphatic rings. The van der Waals surface area contributed by atoms with Gasteiger partial charge in [-0.2, -0.15) is 0 Å². The molecule has 4 rings (SSSR count). The Kier molecular flexibility index (Phi) is 5.38. The van der Waals surface area contributed by atoms with Crippen LogP contribution in [0.15, 0.2) is 24.5 Å². The van der Waals surface area contributed by atoms with Crippen LogP contribution in [0.5, 0.6) is 0 Å². The summed E-state index contributed by atoms with van der Waals surface area (Å²) in [5.74, 6) is 1.72. The van der Waals surface area contributed by atoms with E-state index < -0.39 is 0 Å². The second-order valence-corrected chi connectivity index (χ2v) is 8.48. The molecule has 25 heavy (non-hydrogen) atoms. The largest absolute Gasteiger partial charge is 0.381 e. The van der Waals surface area contributed by atoms with Gasteiger partial charge in [0.05, 0.1) is 5.52 Å². The zero-order chi connectivity index (χ0) is 17.1. The second kappa shape index (κ2) is 7.72. The summed E-state index contributed by atoms with van der Waals surface area (Å²) in [7, 11) is 0.